The summed E-state index contributed by atoms with van der Waals surface area (Å²) in [6.45, 7) is 10.6. The minimum Gasteiger partial charge on any atom is -0.465 e. The summed E-state index contributed by atoms with van der Waals surface area (Å²) in [6.07, 6.45) is 4.18. The van der Waals surface area contributed by atoms with E-state index in [0.29, 0.717) is 5.56 Å². The highest BCUT2D eigenvalue weighted by atomic mass is 16.5. The second kappa shape index (κ2) is 7.27. The van der Waals surface area contributed by atoms with Gasteiger partial charge in [0.1, 0.15) is 0 Å². The van der Waals surface area contributed by atoms with Crippen LogP contribution in [0.2, 0.25) is 0 Å². The molecule has 2 aromatic rings. The third-order valence-electron chi connectivity index (χ3n) is 5.66. The van der Waals surface area contributed by atoms with Crippen molar-refractivity contribution in [1.82, 2.24) is 0 Å². The lowest BCUT2D eigenvalue weighted by molar-refractivity contribution is 0.0600. The molecule has 0 unspecified atom stereocenters. The maximum absolute atomic E-state index is 11.9. The topological polar surface area (TPSA) is 41.9 Å². The summed E-state index contributed by atoms with van der Waals surface area (Å²) in [6, 6.07) is 9.93. The van der Waals surface area contributed by atoms with Crippen LogP contribution in [0.4, 0.5) is 11.4 Å². The summed E-state index contributed by atoms with van der Waals surface area (Å²) < 4.78 is 4.85. The van der Waals surface area contributed by atoms with E-state index >= 15 is 0 Å². The van der Waals surface area contributed by atoms with Crippen molar-refractivity contribution in [3.8, 4) is 0 Å². The van der Waals surface area contributed by atoms with Crippen LogP contribution in [0.1, 0.15) is 53.4 Å². The number of carbonyl (C=O) groups is 1. The van der Waals surface area contributed by atoms with Crippen molar-refractivity contribution in [2.75, 3.05) is 19.1 Å². The number of ether oxygens (including phenoxy) is 1. The number of aliphatic imine (C=N–C) groups is 1. The average molecular weight is 377 g/mol. The zero-order valence-electron chi connectivity index (χ0n) is 17.8. The smallest absolute Gasteiger partial charge is 0.338 e. The van der Waals surface area contributed by atoms with Crippen LogP contribution >= 0.6 is 0 Å². The van der Waals surface area contributed by atoms with E-state index < -0.39 is 0 Å². The Morgan fingerprint density at radius 1 is 1.18 bits per heavy atom. The molecule has 0 saturated carbocycles. The molecular formula is C24H28N2O2. The summed E-state index contributed by atoms with van der Waals surface area (Å²) in [4.78, 5) is 18.9. The molecule has 0 saturated heterocycles. The van der Waals surface area contributed by atoms with Crippen molar-refractivity contribution in [3.63, 3.8) is 0 Å². The Bertz CT molecular complexity index is 1000. The Labute approximate surface area is 167 Å². The zero-order chi connectivity index (χ0) is 20.6. The van der Waals surface area contributed by atoms with Gasteiger partial charge in [-0.15, -0.1) is 0 Å². The highest BCUT2D eigenvalue weighted by Crippen LogP contribution is 2.39. The van der Waals surface area contributed by atoms with Gasteiger partial charge in [0.05, 0.1) is 23.9 Å². The second-order valence-electron chi connectivity index (χ2n) is 7.97. The first-order valence-corrected chi connectivity index (χ1v) is 9.46. The van der Waals surface area contributed by atoms with Crippen LogP contribution in [-0.4, -0.2) is 31.9 Å². The third-order valence-corrected chi connectivity index (χ3v) is 5.66. The minimum absolute atomic E-state index is 0.00936. The van der Waals surface area contributed by atoms with Crippen LogP contribution in [0, 0.1) is 13.8 Å². The van der Waals surface area contributed by atoms with E-state index in [9.17, 15) is 4.79 Å². The van der Waals surface area contributed by atoms with Gasteiger partial charge >= 0.3 is 5.97 Å². The number of hydrogen-bond donors (Lipinski definition) is 0. The highest BCUT2D eigenvalue weighted by Gasteiger charge is 2.28. The minimum atomic E-state index is -0.342. The quantitative estimate of drug-likeness (QED) is 0.527. The number of anilines is 1. The molecule has 1 aliphatic heterocycles. The Hall–Kier alpha value is -2.88. The number of rotatable bonds is 3. The lowest BCUT2D eigenvalue weighted by atomic mass is 9.87. The van der Waals surface area contributed by atoms with E-state index in [1.807, 2.05) is 25.3 Å². The summed E-state index contributed by atoms with van der Waals surface area (Å²) in [5.74, 6) is -0.342. The Morgan fingerprint density at radius 3 is 2.57 bits per heavy atom. The molecule has 0 aromatic heterocycles. The number of hydrogen-bond acceptors (Lipinski definition) is 4. The van der Waals surface area contributed by atoms with E-state index in [1.54, 1.807) is 6.07 Å². The van der Waals surface area contributed by atoms with Crippen LogP contribution in [0.3, 0.4) is 0 Å². The molecule has 4 heteroatoms. The van der Waals surface area contributed by atoms with Crippen molar-refractivity contribution >= 4 is 29.1 Å². The molecule has 28 heavy (non-hydrogen) atoms. The molecule has 0 spiro atoms. The molecule has 146 valence electrons. The average Bonchev–Trinajstić information content (AvgIpc) is 2.65. The summed E-state index contributed by atoms with van der Waals surface area (Å²) >= 11 is 0. The molecule has 0 aliphatic carbocycles. The van der Waals surface area contributed by atoms with Gasteiger partial charge in [-0.3, -0.25) is 4.99 Å². The lowest BCUT2D eigenvalue weighted by Gasteiger charge is -2.41. The fraction of sp³-hybridized carbons (Fsp3) is 0.333. The third kappa shape index (κ3) is 3.47. The zero-order valence-corrected chi connectivity index (χ0v) is 17.8. The number of aryl methyl sites for hydroxylation is 1. The van der Waals surface area contributed by atoms with Crippen molar-refractivity contribution in [3.05, 3.63) is 64.2 Å². The van der Waals surface area contributed by atoms with Crippen molar-refractivity contribution in [1.29, 1.82) is 0 Å². The van der Waals surface area contributed by atoms with E-state index in [4.69, 9.17) is 4.74 Å². The molecule has 0 bridgehead atoms. The Kier molecular flexibility index (Phi) is 5.16. The van der Waals surface area contributed by atoms with Gasteiger partial charge in [-0.2, -0.15) is 0 Å². The molecule has 1 heterocycles. The predicted molar refractivity (Wildman–Crippen MR) is 117 cm³/mol. The van der Waals surface area contributed by atoms with Gasteiger partial charge in [-0.25, -0.2) is 4.79 Å². The molecule has 0 radical (unpaired) electrons. The number of likely N-dealkylation sites (N-methyl/N-ethyl adjacent to an activating group) is 1. The lowest BCUT2D eigenvalue weighted by Crippen LogP contribution is -2.42. The second-order valence-corrected chi connectivity index (χ2v) is 7.97. The number of esters is 1. The first-order chi connectivity index (χ1) is 13.2. The number of fused-ring (bicyclic) bond motifs is 1. The van der Waals surface area contributed by atoms with Crippen LogP contribution in [-0.2, 0) is 4.74 Å². The number of allylic oxidation sites excluding steroid dienone is 1. The SMILES string of the molecule is COC(=O)c1cccc(N=Cc2cc3c(cc2C)N(C)C(C)(C)C=C3C)c1C. The normalized spacial score (nSPS) is 15.4. The van der Waals surface area contributed by atoms with Crippen molar-refractivity contribution in [2.45, 2.75) is 40.2 Å². The van der Waals surface area contributed by atoms with Gasteiger partial charge in [0, 0.05) is 24.5 Å². The van der Waals surface area contributed by atoms with E-state index in [1.165, 1.54) is 29.5 Å². The van der Waals surface area contributed by atoms with Crippen molar-refractivity contribution < 1.29 is 9.53 Å². The summed E-state index contributed by atoms with van der Waals surface area (Å²) in [5, 5.41) is 0. The number of nitrogens with zero attached hydrogens (tertiary/aromatic N) is 2. The fourth-order valence-corrected chi connectivity index (χ4v) is 3.69. The molecule has 3 rings (SSSR count). The predicted octanol–water partition coefficient (Wildman–Crippen LogP) is 5.47. The van der Waals surface area contributed by atoms with Gasteiger partial charge in [0.25, 0.3) is 0 Å². The van der Waals surface area contributed by atoms with Gasteiger partial charge in [0.2, 0.25) is 0 Å². The molecule has 0 fully saturated rings. The molecule has 0 amide bonds. The molecule has 0 N–H and O–H groups in total. The van der Waals surface area contributed by atoms with Gasteiger partial charge in [-0.05, 0) is 81.1 Å². The van der Waals surface area contributed by atoms with Crippen LogP contribution in [0.5, 0.6) is 0 Å². The standard InChI is InChI=1S/C24H28N2O2/c1-15-11-22-20(16(2)13-24(4,5)26(22)6)12-18(15)14-25-21-10-8-9-19(17(21)3)23(27)28-7/h8-14H,1-7H3. The van der Waals surface area contributed by atoms with Crippen LogP contribution in [0.15, 0.2) is 41.4 Å². The molecule has 0 atom stereocenters. The molecular weight excluding hydrogens is 348 g/mol. The molecule has 4 nitrogen and oxygen atoms in total. The van der Waals surface area contributed by atoms with Crippen molar-refractivity contribution in [2.24, 2.45) is 4.99 Å². The first kappa shape index (κ1) is 19.9. The monoisotopic (exact) mass is 376 g/mol. The maximum atomic E-state index is 11.9. The first-order valence-electron chi connectivity index (χ1n) is 9.46. The molecule has 2 aromatic carbocycles. The van der Waals surface area contributed by atoms with E-state index in [0.717, 1.165) is 16.8 Å². The number of methoxy groups -OCH3 is 1. The molecule has 1 aliphatic rings. The Balaban J connectivity index is 2.02. The van der Waals surface area contributed by atoms with Gasteiger partial charge in [-0.1, -0.05) is 12.1 Å². The Morgan fingerprint density at radius 2 is 1.89 bits per heavy atom. The number of benzene rings is 2. The van der Waals surface area contributed by atoms with Crippen LogP contribution in [0.25, 0.3) is 5.57 Å². The van der Waals surface area contributed by atoms with Crippen LogP contribution < -0.4 is 4.90 Å². The van der Waals surface area contributed by atoms with E-state index in [2.05, 4.69) is 62.8 Å². The largest absolute Gasteiger partial charge is 0.465 e. The highest BCUT2D eigenvalue weighted by molar-refractivity contribution is 5.94. The number of carbonyl (C=O) groups excluding carboxylic acids is 1. The fourth-order valence-electron chi connectivity index (χ4n) is 3.69. The van der Waals surface area contributed by atoms with Gasteiger partial charge in [0.15, 0.2) is 0 Å². The summed E-state index contributed by atoms with van der Waals surface area (Å²) in [7, 11) is 3.53. The van der Waals surface area contributed by atoms with E-state index in [-0.39, 0.29) is 11.5 Å². The summed E-state index contributed by atoms with van der Waals surface area (Å²) in [5.41, 5.74) is 8.11. The maximum Gasteiger partial charge on any atom is 0.338 e. The van der Waals surface area contributed by atoms with Gasteiger partial charge < -0.3 is 9.64 Å².